The number of halogens is 1. The van der Waals surface area contributed by atoms with Gasteiger partial charge >= 0.3 is 0 Å². The molecule has 1 aliphatic heterocycles. The maximum Gasteiger partial charge on any atom is 0.295 e. The number of carbonyl (C=O) groups excluding carboxylic acids is 2. The molecule has 6 heteroatoms. The van der Waals surface area contributed by atoms with Crippen LogP contribution in [-0.4, -0.2) is 16.5 Å². The first-order valence-electron chi connectivity index (χ1n) is 6.27. The summed E-state index contributed by atoms with van der Waals surface area (Å²) in [6.45, 7) is 0. The lowest BCUT2D eigenvalue weighted by molar-refractivity contribution is -0.116. The van der Waals surface area contributed by atoms with Gasteiger partial charge in [-0.05, 0) is 58.6 Å². The summed E-state index contributed by atoms with van der Waals surface area (Å²) in [5, 5.41) is 2.29. The van der Waals surface area contributed by atoms with Gasteiger partial charge in [-0.15, -0.1) is 0 Å². The number of anilines is 2. The molecule has 1 unspecified atom stereocenters. The van der Waals surface area contributed by atoms with Gasteiger partial charge in [-0.2, -0.15) is 0 Å². The van der Waals surface area contributed by atoms with Crippen molar-refractivity contribution in [3.63, 3.8) is 0 Å². The molecule has 106 valence electrons. The Kier molecular flexibility index (Phi) is 4.16. The van der Waals surface area contributed by atoms with Crippen molar-refractivity contribution < 1.29 is 9.59 Å². The van der Waals surface area contributed by atoms with Gasteiger partial charge in [0.25, 0.3) is 11.1 Å². The number of nitrogens with zero attached hydrogens (tertiary/aromatic N) is 1. The molecular weight excluding hydrogens is 399 g/mol. The number of rotatable bonds is 3. The van der Waals surface area contributed by atoms with Crippen LogP contribution in [-0.2, 0) is 4.79 Å². The number of nitrogens with one attached hydrogen (secondary N) is 1. The van der Waals surface area contributed by atoms with E-state index < -0.39 is 5.37 Å². The minimum atomic E-state index is -0.589. The average molecular weight is 410 g/mol. The molecule has 0 aliphatic carbocycles. The fourth-order valence-corrected chi connectivity index (χ4v) is 3.47. The molecule has 0 bridgehead atoms. The summed E-state index contributed by atoms with van der Waals surface area (Å²) in [6.07, 6.45) is 0. The standard InChI is InChI=1S/C15H11IN2O2S/c16-11-8-4-5-9-12(11)17-13-14(19)18(15(20)21-13)10-6-2-1-3-7-10/h1-9,13,17H. The Hall–Kier alpha value is -1.54. The summed E-state index contributed by atoms with van der Waals surface area (Å²) >= 11 is 3.20. The SMILES string of the molecule is O=C1SC(Nc2ccccc2I)C(=O)N1c1ccccc1. The highest BCUT2D eigenvalue weighted by Crippen LogP contribution is 2.33. The Morgan fingerprint density at radius 2 is 1.67 bits per heavy atom. The molecule has 0 saturated carbocycles. The van der Waals surface area contributed by atoms with Crippen LogP contribution in [0.25, 0.3) is 0 Å². The van der Waals surface area contributed by atoms with E-state index in [1.54, 1.807) is 24.3 Å². The molecule has 3 rings (SSSR count). The van der Waals surface area contributed by atoms with Crippen LogP contribution >= 0.6 is 34.4 Å². The molecule has 1 atom stereocenters. The number of amides is 2. The Morgan fingerprint density at radius 1 is 1.00 bits per heavy atom. The average Bonchev–Trinajstić information content (AvgIpc) is 2.77. The molecule has 0 spiro atoms. The zero-order valence-electron chi connectivity index (χ0n) is 10.8. The largest absolute Gasteiger partial charge is 0.364 e. The summed E-state index contributed by atoms with van der Waals surface area (Å²) in [6, 6.07) is 16.6. The van der Waals surface area contributed by atoms with E-state index in [4.69, 9.17) is 0 Å². The van der Waals surface area contributed by atoms with E-state index in [2.05, 4.69) is 27.9 Å². The summed E-state index contributed by atoms with van der Waals surface area (Å²) in [5.74, 6) is -0.240. The van der Waals surface area contributed by atoms with Crippen molar-refractivity contribution in [2.24, 2.45) is 0 Å². The maximum atomic E-state index is 12.5. The Bertz CT molecular complexity index is 693. The van der Waals surface area contributed by atoms with Crippen LogP contribution in [0.15, 0.2) is 54.6 Å². The summed E-state index contributed by atoms with van der Waals surface area (Å²) in [4.78, 5) is 25.8. The lowest BCUT2D eigenvalue weighted by Crippen LogP contribution is -2.34. The molecule has 2 amide bonds. The molecule has 1 aliphatic rings. The topological polar surface area (TPSA) is 49.4 Å². The van der Waals surface area contributed by atoms with Crippen molar-refractivity contribution in [3.8, 4) is 0 Å². The van der Waals surface area contributed by atoms with Crippen molar-refractivity contribution in [1.29, 1.82) is 0 Å². The van der Waals surface area contributed by atoms with E-state index in [9.17, 15) is 9.59 Å². The van der Waals surface area contributed by atoms with Crippen LogP contribution in [0.3, 0.4) is 0 Å². The van der Waals surface area contributed by atoms with E-state index in [1.165, 1.54) is 4.90 Å². The number of hydrogen-bond donors (Lipinski definition) is 1. The zero-order valence-corrected chi connectivity index (χ0v) is 13.8. The molecular formula is C15H11IN2O2S. The van der Waals surface area contributed by atoms with E-state index in [0.717, 1.165) is 21.0 Å². The maximum absolute atomic E-state index is 12.5. The number of para-hydroxylation sites is 2. The van der Waals surface area contributed by atoms with E-state index in [1.807, 2.05) is 30.3 Å². The predicted molar refractivity (Wildman–Crippen MR) is 93.5 cm³/mol. The van der Waals surface area contributed by atoms with Gasteiger partial charge < -0.3 is 5.32 Å². The van der Waals surface area contributed by atoms with E-state index in [-0.39, 0.29) is 11.1 Å². The Morgan fingerprint density at radius 3 is 2.38 bits per heavy atom. The first kappa shape index (κ1) is 14.4. The highest BCUT2D eigenvalue weighted by atomic mass is 127. The van der Waals surface area contributed by atoms with Gasteiger partial charge in [-0.1, -0.05) is 30.3 Å². The van der Waals surface area contributed by atoms with Crippen molar-refractivity contribution in [1.82, 2.24) is 0 Å². The first-order valence-corrected chi connectivity index (χ1v) is 8.23. The summed E-state index contributed by atoms with van der Waals surface area (Å²) in [7, 11) is 0. The van der Waals surface area contributed by atoms with Gasteiger partial charge in [0.05, 0.1) is 5.69 Å². The highest BCUT2D eigenvalue weighted by Gasteiger charge is 2.40. The van der Waals surface area contributed by atoms with Crippen LogP contribution < -0.4 is 10.2 Å². The van der Waals surface area contributed by atoms with Gasteiger partial charge in [0.2, 0.25) is 0 Å². The molecule has 21 heavy (non-hydrogen) atoms. The second-order valence-electron chi connectivity index (χ2n) is 4.40. The molecule has 1 heterocycles. The van der Waals surface area contributed by atoms with E-state index in [0.29, 0.717) is 5.69 Å². The normalized spacial score (nSPS) is 18.1. The molecule has 1 fully saturated rings. The first-order chi connectivity index (χ1) is 10.2. The van der Waals surface area contributed by atoms with Crippen LogP contribution in [0.1, 0.15) is 0 Å². The van der Waals surface area contributed by atoms with Crippen molar-refractivity contribution in [3.05, 3.63) is 58.2 Å². The molecule has 2 aromatic carbocycles. The van der Waals surface area contributed by atoms with Crippen LogP contribution in [0.2, 0.25) is 0 Å². The van der Waals surface area contributed by atoms with Gasteiger partial charge in [-0.25, -0.2) is 4.90 Å². The second-order valence-corrected chi connectivity index (χ2v) is 6.62. The lowest BCUT2D eigenvalue weighted by Gasteiger charge is -2.15. The van der Waals surface area contributed by atoms with Crippen LogP contribution in [0.5, 0.6) is 0 Å². The predicted octanol–water partition coefficient (Wildman–Crippen LogP) is 3.93. The minimum absolute atomic E-state index is 0.240. The van der Waals surface area contributed by atoms with Crippen molar-refractivity contribution >= 4 is 56.9 Å². The molecule has 1 saturated heterocycles. The van der Waals surface area contributed by atoms with Crippen molar-refractivity contribution in [2.75, 3.05) is 10.2 Å². The van der Waals surface area contributed by atoms with E-state index >= 15 is 0 Å². The van der Waals surface area contributed by atoms with Gasteiger partial charge in [-0.3, -0.25) is 9.59 Å². The third-order valence-electron chi connectivity index (χ3n) is 3.02. The van der Waals surface area contributed by atoms with Gasteiger partial charge in [0.15, 0.2) is 5.37 Å². The number of carbonyl (C=O) groups is 2. The number of benzene rings is 2. The fraction of sp³-hybridized carbons (Fsp3) is 0.0667. The highest BCUT2D eigenvalue weighted by molar-refractivity contribution is 14.1. The fourth-order valence-electron chi connectivity index (χ4n) is 2.03. The summed E-state index contributed by atoms with van der Waals surface area (Å²) < 4.78 is 1.01. The van der Waals surface area contributed by atoms with Crippen molar-refractivity contribution in [2.45, 2.75) is 5.37 Å². The quantitative estimate of drug-likeness (QED) is 0.780. The smallest absolute Gasteiger partial charge is 0.295 e. The minimum Gasteiger partial charge on any atom is -0.364 e. The molecule has 0 aromatic heterocycles. The molecule has 1 N–H and O–H groups in total. The van der Waals surface area contributed by atoms with Crippen LogP contribution in [0, 0.1) is 3.57 Å². The molecule has 0 radical (unpaired) electrons. The second kappa shape index (κ2) is 6.07. The zero-order chi connectivity index (χ0) is 14.8. The van der Waals surface area contributed by atoms with Crippen LogP contribution in [0.4, 0.5) is 16.2 Å². The Balaban J connectivity index is 1.83. The number of imide groups is 1. The molecule has 2 aromatic rings. The summed E-state index contributed by atoms with van der Waals surface area (Å²) in [5.41, 5.74) is 1.46. The van der Waals surface area contributed by atoms with Gasteiger partial charge in [0, 0.05) is 9.26 Å². The third-order valence-corrected chi connectivity index (χ3v) is 4.90. The van der Waals surface area contributed by atoms with Gasteiger partial charge in [0.1, 0.15) is 0 Å². The Labute approximate surface area is 140 Å². The monoisotopic (exact) mass is 410 g/mol. The molecule has 4 nitrogen and oxygen atoms in total. The number of hydrogen-bond acceptors (Lipinski definition) is 4. The lowest BCUT2D eigenvalue weighted by atomic mass is 10.3. The number of thioether (sulfide) groups is 1. The third kappa shape index (κ3) is 2.91.